The van der Waals surface area contributed by atoms with Crippen LogP contribution in [0.15, 0.2) is 42.7 Å². The van der Waals surface area contributed by atoms with Crippen molar-refractivity contribution in [1.82, 2.24) is 25.3 Å². The van der Waals surface area contributed by atoms with Gasteiger partial charge in [0.15, 0.2) is 0 Å². The Hall–Kier alpha value is -2.10. The minimum atomic E-state index is -4.40. The van der Waals surface area contributed by atoms with Crippen molar-refractivity contribution in [2.45, 2.75) is 12.2 Å². The molecule has 1 aromatic carbocycles. The smallest absolute Gasteiger partial charge is 0.350 e. The second kappa shape index (κ2) is 9.20. The van der Waals surface area contributed by atoms with Crippen LogP contribution < -0.4 is 10.6 Å². The van der Waals surface area contributed by atoms with Crippen LogP contribution in [0.25, 0.3) is 5.69 Å². The number of halogens is 4. The van der Waals surface area contributed by atoms with Gasteiger partial charge >= 0.3 is 6.18 Å². The SMILES string of the molecule is Cl.O=C(NCC(N1CCNCC1)C(F)(F)F)c1cnn(-c2ccccc2)c1. The highest BCUT2D eigenvalue weighted by Crippen LogP contribution is 2.24. The summed E-state index contributed by atoms with van der Waals surface area (Å²) in [5.41, 5.74) is 0.982. The quantitative estimate of drug-likeness (QED) is 0.800. The van der Waals surface area contributed by atoms with Gasteiger partial charge in [-0.15, -0.1) is 12.4 Å². The van der Waals surface area contributed by atoms with E-state index in [2.05, 4.69) is 15.7 Å². The third-order valence-electron chi connectivity index (χ3n) is 4.29. The average molecular weight is 404 g/mol. The lowest BCUT2D eigenvalue weighted by molar-refractivity contribution is -0.183. The van der Waals surface area contributed by atoms with Gasteiger partial charge in [-0.05, 0) is 12.1 Å². The highest BCUT2D eigenvalue weighted by atomic mass is 35.5. The summed E-state index contributed by atoms with van der Waals surface area (Å²) in [5, 5.41) is 9.50. The first-order valence-electron chi connectivity index (χ1n) is 8.35. The van der Waals surface area contributed by atoms with Crippen LogP contribution in [0.3, 0.4) is 0 Å². The Balaban J connectivity index is 0.00000261. The number of piperazine rings is 1. The minimum absolute atomic E-state index is 0. The van der Waals surface area contributed by atoms with E-state index in [-0.39, 0.29) is 18.0 Å². The average Bonchev–Trinajstić information content (AvgIpc) is 3.12. The molecule has 0 spiro atoms. The highest BCUT2D eigenvalue weighted by Gasteiger charge is 2.43. The number of nitrogens with one attached hydrogen (secondary N) is 2. The van der Waals surface area contributed by atoms with E-state index < -0.39 is 24.7 Å². The number of rotatable bonds is 5. The standard InChI is InChI=1S/C17H20F3N5O.ClH/c18-17(19,20)15(24-8-6-21-7-9-24)11-22-16(26)13-10-23-25(12-13)14-4-2-1-3-5-14;/h1-5,10,12,15,21H,6-9,11H2,(H,22,26);1H. The van der Waals surface area contributed by atoms with E-state index in [0.29, 0.717) is 26.2 Å². The predicted molar refractivity (Wildman–Crippen MR) is 97.4 cm³/mol. The predicted octanol–water partition coefficient (Wildman–Crippen LogP) is 1.86. The first kappa shape index (κ1) is 21.2. The molecule has 1 fully saturated rings. The first-order valence-corrected chi connectivity index (χ1v) is 8.35. The van der Waals surface area contributed by atoms with E-state index in [0.717, 1.165) is 5.69 Å². The fourth-order valence-corrected chi connectivity index (χ4v) is 2.90. The molecule has 1 aromatic heterocycles. The molecule has 3 rings (SSSR count). The molecule has 0 saturated carbocycles. The number of nitrogens with zero attached hydrogens (tertiary/aromatic N) is 3. The molecule has 1 aliphatic rings. The van der Waals surface area contributed by atoms with Crippen molar-refractivity contribution in [2.75, 3.05) is 32.7 Å². The van der Waals surface area contributed by atoms with Crippen LogP contribution in [0.4, 0.5) is 13.2 Å². The molecule has 10 heteroatoms. The maximum atomic E-state index is 13.4. The minimum Gasteiger partial charge on any atom is -0.350 e. The lowest BCUT2D eigenvalue weighted by atomic mass is 10.2. The van der Waals surface area contributed by atoms with Crippen molar-refractivity contribution in [3.63, 3.8) is 0 Å². The lowest BCUT2D eigenvalue weighted by Gasteiger charge is -2.35. The van der Waals surface area contributed by atoms with E-state index in [1.807, 2.05) is 30.3 Å². The van der Waals surface area contributed by atoms with Gasteiger partial charge in [-0.25, -0.2) is 4.68 Å². The monoisotopic (exact) mass is 403 g/mol. The zero-order chi connectivity index (χ0) is 18.6. The Labute approximate surface area is 161 Å². The van der Waals surface area contributed by atoms with Crippen molar-refractivity contribution < 1.29 is 18.0 Å². The molecule has 2 heterocycles. The highest BCUT2D eigenvalue weighted by molar-refractivity contribution is 5.93. The molecule has 1 atom stereocenters. The van der Waals surface area contributed by atoms with E-state index in [1.165, 1.54) is 22.0 Å². The third kappa shape index (κ3) is 5.44. The number of hydrogen-bond donors (Lipinski definition) is 2. The number of aromatic nitrogens is 2. The summed E-state index contributed by atoms with van der Waals surface area (Å²) in [7, 11) is 0. The van der Waals surface area contributed by atoms with Gasteiger partial charge in [0.05, 0.1) is 17.4 Å². The van der Waals surface area contributed by atoms with Gasteiger partial charge in [0.25, 0.3) is 5.91 Å². The maximum Gasteiger partial charge on any atom is 0.405 e. The fraction of sp³-hybridized carbons (Fsp3) is 0.412. The van der Waals surface area contributed by atoms with Crippen LogP contribution in [0, 0.1) is 0 Å². The van der Waals surface area contributed by atoms with Crippen LogP contribution in [-0.2, 0) is 0 Å². The number of hydrogen-bond acceptors (Lipinski definition) is 4. The summed E-state index contributed by atoms with van der Waals surface area (Å²) in [6.07, 6.45) is -1.56. The van der Waals surface area contributed by atoms with Crippen LogP contribution in [0.5, 0.6) is 0 Å². The Morgan fingerprint density at radius 3 is 2.52 bits per heavy atom. The van der Waals surface area contributed by atoms with Crippen LogP contribution in [0.2, 0.25) is 0 Å². The van der Waals surface area contributed by atoms with Crippen molar-refractivity contribution >= 4 is 18.3 Å². The molecule has 1 aliphatic heterocycles. The van der Waals surface area contributed by atoms with E-state index in [4.69, 9.17) is 0 Å². The Morgan fingerprint density at radius 1 is 1.22 bits per heavy atom. The third-order valence-corrected chi connectivity index (χ3v) is 4.29. The van der Waals surface area contributed by atoms with E-state index in [1.54, 1.807) is 0 Å². The molecule has 1 unspecified atom stereocenters. The van der Waals surface area contributed by atoms with E-state index >= 15 is 0 Å². The van der Waals surface area contributed by atoms with Gasteiger partial charge in [-0.3, -0.25) is 9.69 Å². The zero-order valence-corrected chi connectivity index (χ0v) is 15.3. The fourth-order valence-electron chi connectivity index (χ4n) is 2.90. The van der Waals surface area contributed by atoms with Crippen molar-refractivity contribution in [3.8, 4) is 5.69 Å². The number of benzene rings is 1. The molecule has 1 saturated heterocycles. The Kier molecular flexibility index (Phi) is 7.23. The molecule has 148 valence electrons. The van der Waals surface area contributed by atoms with Crippen LogP contribution in [-0.4, -0.2) is 65.5 Å². The van der Waals surface area contributed by atoms with Crippen LogP contribution in [0.1, 0.15) is 10.4 Å². The summed E-state index contributed by atoms with van der Waals surface area (Å²) in [6, 6.07) is 7.46. The second-order valence-electron chi connectivity index (χ2n) is 6.06. The van der Waals surface area contributed by atoms with Gasteiger partial charge in [0.1, 0.15) is 6.04 Å². The topological polar surface area (TPSA) is 62.2 Å². The molecule has 0 aliphatic carbocycles. The van der Waals surface area contributed by atoms with Gasteiger partial charge in [-0.1, -0.05) is 18.2 Å². The molecule has 2 N–H and O–H groups in total. The Morgan fingerprint density at radius 2 is 1.89 bits per heavy atom. The van der Waals surface area contributed by atoms with Crippen LogP contribution >= 0.6 is 12.4 Å². The number of carbonyl (C=O) groups excluding carboxylic acids is 1. The summed E-state index contributed by atoms with van der Waals surface area (Å²) in [4.78, 5) is 13.6. The summed E-state index contributed by atoms with van der Waals surface area (Å²) in [6.45, 7) is 1.12. The summed E-state index contributed by atoms with van der Waals surface area (Å²) < 4.78 is 41.6. The van der Waals surface area contributed by atoms with Crippen molar-refractivity contribution in [1.29, 1.82) is 0 Å². The molecule has 1 amide bonds. The number of alkyl halides is 3. The molecular weight excluding hydrogens is 383 g/mol. The second-order valence-corrected chi connectivity index (χ2v) is 6.06. The first-order chi connectivity index (χ1) is 12.4. The largest absolute Gasteiger partial charge is 0.405 e. The molecule has 6 nitrogen and oxygen atoms in total. The van der Waals surface area contributed by atoms with E-state index in [9.17, 15) is 18.0 Å². The molecular formula is C17H21ClF3N5O. The lowest BCUT2D eigenvalue weighted by Crippen LogP contribution is -2.57. The normalized spacial score (nSPS) is 16.4. The van der Waals surface area contributed by atoms with Gasteiger partial charge in [-0.2, -0.15) is 18.3 Å². The van der Waals surface area contributed by atoms with Crippen molar-refractivity contribution in [3.05, 3.63) is 48.3 Å². The molecule has 27 heavy (non-hydrogen) atoms. The van der Waals surface area contributed by atoms with Gasteiger partial charge in [0.2, 0.25) is 0 Å². The Bertz CT molecular complexity index is 732. The van der Waals surface area contributed by atoms with Gasteiger partial charge in [0, 0.05) is 38.9 Å². The van der Waals surface area contributed by atoms with Gasteiger partial charge < -0.3 is 10.6 Å². The number of carbonyl (C=O) groups is 1. The molecule has 0 radical (unpaired) electrons. The molecule has 0 bridgehead atoms. The molecule has 2 aromatic rings. The number of amides is 1. The maximum absolute atomic E-state index is 13.4. The van der Waals surface area contributed by atoms with Crippen molar-refractivity contribution in [2.24, 2.45) is 0 Å². The summed E-state index contributed by atoms with van der Waals surface area (Å²) >= 11 is 0. The zero-order valence-electron chi connectivity index (χ0n) is 14.4. The number of para-hydroxylation sites is 1. The summed E-state index contributed by atoms with van der Waals surface area (Å²) in [5.74, 6) is -0.573.